The van der Waals surface area contributed by atoms with Crippen molar-refractivity contribution in [2.45, 2.75) is 6.92 Å². The highest BCUT2D eigenvalue weighted by atomic mass is 19.1. The molecule has 2 rings (SSSR count). The first-order valence-corrected chi connectivity index (χ1v) is 6.27. The molecule has 0 aliphatic carbocycles. The van der Waals surface area contributed by atoms with Crippen molar-refractivity contribution in [3.8, 4) is 0 Å². The Balaban J connectivity index is 2.30. The van der Waals surface area contributed by atoms with Gasteiger partial charge in [0.15, 0.2) is 0 Å². The van der Waals surface area contributed by atoms with Gasteiger partial charge in [-0.25, -0.2) is 9.37 Å². The largest absolute Gasteiger partial charge is 0.355 e. The predicted molar refractivity (Wildman–Crippen MR) is 78.3 cm³/mol. The van der Waals surface area contributed by atoms with Gasteiger partial charge >= 0.3 is 0 Å². The maximum atomic E-state index is 13.6. The van der Waals surface area contributed by atoms with Gasteiger partial charge in [-0.05, 0) is 31.2 Å². The minimum absolute atomic E-state index is 0.0728. The lowest BCUT2D eigenvalue weighted by Gasteiger charge is -2.00. The number of aromatic amines is 1. The molecule has 6 heteroatoms. The highest BCUT2D eigenvalue weighted by molar-refractivity contribution is 5.93. The first-order chi connectivity index (χ1) is 10.0. The third-order valence-electron chi connectivity index (χ3n) is 2.86. The van der Waals surface area contributed by atoms with Crippen molar-refractivity contribution in [2.75, 3.05) is 7.05 Å². The Labute approximate surface area is 120 Å². The zero-order valence-electron chi connectivity index (χ0n) is 11.6. The lowest BCUT2D eigenvalue weighted by atomic mass is 10.1. The summed E-state index contributed by atoms with van der Waals surface area (Å²) in [6.07, 6.45) is 4.18. The molecule has 2 N–H and O–H groups in total. The summed E-state index contributed by atoms with van der Waals surface area (Å²) < 4.78 is 13.6. The summed E-state index contributed by atoms with van der Waals surface area (Å²) in [6, 6.07) is 4.73. The van der Waals surface area contributed by atoms with E-state index in [1.165, 1.54) is 31.5 Å². The highest BCUT2D eigenvalue weighted by Gasteiger charge is 2.08. The molecular weight excluding hydrogens is 273 g/mol. The number of hydrogen-bond acceptors (Lipinski definition) is 3. The number of rotatable bonds is 3. The van der Waals surface area contributed by atoms with Crippen LogP contribution in [-0.4, -0.2) is 22.9 Å². The second-order valence-corrected chi connectivity index (χ2v) is 4.45. The molecule has 0 fully saturated rings. The van der Waals surface area contributed by atoms with Crippen LogP contribution in [0.25, 0.3) is 12.2 Å². The number of aromatic nitrogens is 2. The molecule has 0 saturated carbocycles. The molecule has 0 aliphatic heterocycles. The standard InChI is InChI=1S/C15H14FN3O2/c1-9-3-5-12(16)10(7-9)4-6-13-18-8-11(14(20)17-2)15(21)19-13/h3-8H,1-2H3,(H,17,20)(H,18,19,21)/b6-4+. The van der Waals surface area contributed by atoms with E-state index in [1.807, 2.05) is 6.92 Å². The van der Waals surface area contributed by atoms with E-state index in [0.717, 1.165) is 5.56 Å². The number of carbonyl (C=O) groups is 1. The van der Waals surface area contributed by atoms with Gasteiger partial charge in [-0.15, -0.1) is 0 Å². The van der Waals surface area contributed by atoms with E-state index in [1.54, 1.807) is 12.1 Å². The molecule has 1 amide bonds. The van der Waals surface area contributed by atoms with E-state index in [4.69, 9.17) is 0 Å². The number of aryl methyl sites for hydroxylation is 1. The maximum absolute atomic E-state index is 13.6. The van der Waals surface area contributed by atoms with Gasteiger partial charge in [0.05, 0.1) is 0 Å². The van der Waals surface area contributed by atoms with E-state index >= 15 is 0 Å². The van der Waals surface area contributed by atoms with Crippen LogP contribution >= 0.6 is 0 Å². The smallest absolute Gasteiger partial charge is 0.263 e. The molecule has 1 aromatic carbocycles. The van der Waals surface area contributed by atoms with Gasteiger partial charge in [0, 0.05) is 18.8 Å². The van der Waals surface area contributed by atoms with Gasteiger partial charge in [0.1, 0.15) is 17.2 Å². The molecule has 0 saturated heterocycles. The van der Waals surface area contributed by atoms with Gasteiger partial charge in [-0.1, -0.05) is 11.6 Å². The molecule has 0 unspecified atom stereocenters. The van der Waals surface area contributed by atoms with Crippen LogP contribution in [0.4, 0.5) is 4.39 Å². The predicted octanol–water partition coefficient (Wildman–Crippen LogP) is 1.75. The molecule has 0 aliphatic rings. The van der Waals surface area contributed by atoms with Gasteiger partial charge in [0.2, 0.25) is 0 Å². The molecule has 5 nitrogen and oxygen atoms in total. The van der Waals surface area contributed by atoms with E-state index in [0.29, 0.717) is 5.56 Å². The van der Waals surface area contributed by atoms with Crippen molar-refractivity contribution < 1.29 is 9.18 Å². The topological polar surface area (TPSA) is 74.8 Å². The Hall–Kier alpha value is -2.76. The SMILES string of the molecule is CNC(=O)c1cnc(/C=C/c2cc(C)ccc2F)[nH]c1=O. The van der Waals surface area contributed by atoms with Gasteiger partial charge in [-0.2, -0.15) is 0 Å². The van der Waals surface area contributed by atoms with Gasteiger partial charge in [-0.3, -0.25) is 9.59 Å². The minimum atomic E-state index is -0.547. The fourth-order valence-corrected chi connectivity index (χ4v) is 1.75. The molecule has 108 valence electrons. The molecule has 1 aromatic heterocycles. The second kappa shape index (κ2) is 6.13. The molecule has 2 aromatic rings. The van der Waals surface area contributed by atoms with Gasteiger partial charge < -0.3 is 10.3 Å². The van der Waals surface area contributed by atoms with E-state index in [2.05, 4.69) is 15.3 Å². The summed E-state index contributed by atoms with van der Waals surface area (Å²) in [5, 5.41) is 2.35. The van der Waals surface area contributed by atoms with Crippen LogP contribution in [-0.2, 0) is 0 Å². The van der Waals surface area contributed by atoms with Gasteiger partial charge in [0.25, 0.3) is 11.5 Å². The normalized spacial score (nSPS) is 10.8. The second-order valence-electron chi connectivity index (χ2n) is 4.45. The average Bonchev–Trinajstić information content (AvgIpc) is 2.47. The Morgan fingerprint density at radius 3 is 2.81 bits per heavy atom. The average molecular weight is 287 g/mol. The number of halogens is 1. The third-order valence-corrected chi connectivity index (χ3v) is 2.86. The lowest BCUT2D eigenvalue weighted by molar-refractivity contribution is 0.0961. The van der Waals surface area contributed by atoms with Crippen molar-refractivity contribution in [2.24, 2.45) is 0 Å². The Morgan fingerprint density at radius 2 is 2.14 bits per heavy atom. The third kappa shape index (κ3) is 3.42. The molecule has 0 radical (unpaired) electrons. The monoisotopic (exact) mass is 287 g/mol. The summed E-state index contributed by atoms with van der Waals surface area (Å²) in [5.41, 5.74) is 0.700. The zero-order chi connectivity index (χ0) is 15.4. The van der Waals surface area contributed by atoms with Crippen molar-refractivity contribution >= 4 is 18.1 Å². The number of benzene rings is 1. The fourth-order valence-electron chi connectivity index (χ4n) is 1.75. The van der Waals surface area contributed by atoms with E-state index in [9.17, 15) is 14.0 Å². The molecule has 21 heavy (non-hydrogen) atoms. The molecule has 0 spiro atoms. The summed E-state index contributed by atoms with van der Waals surface area (Å²) >= 11 is 0. The number of H-pyrrole nitrogens is 1. The van der Waals surface area contributed by atoms with Crippen LogP contribution < -0.4 is 10.9 Å². The zero-order valence-corrected chi connectivity index (χ0v) is 11.6. The van der Waals surface area contributed by atoms with Crippen LogP contribution in [0.3, 0.4) is 0 Å². The van der Waals surface area contributed by atoms with Crippen molar-refractivity contribution in [3.05, 3.63) is 63.1 Å². The quantitative estimate of drug-likeness (QED) is 0.903. The number of carbonyl (C=O) groups excluding carboxylic acids is 1. The number of hydrogen-bond donors (Lipinski definition) is 2. The molecule has 0 atom stereocenters. The number of amides is 1. The summed E-state index contributed by atoms with van der Waals surface area (Å²) in [4.78, 5) is 29.5. The van der Waals surface area contributed by atoms with Crippen molar-refractivity contribution in [1.29, 1.82) is 0 Å². The first-order valence-electron chi connectivity index (χ1n) is 6.27. The fraction of sp³-hybridized carbons (Fsp3) is 0.133. The van der Waals surface area contributed by atoms with Crippen molar-refractivity contribution in [1.82, 2.24) is 15.3 Å². The van der Waals surface area contributed by atoms with Crippen LogP contribution in [0, 0.1) is 12.7 Å². The Bertz CT molecular complexity index is 766. The van der Waals surface area contributed by atoms with Crippen LogP contribution in [0.5, 0.6) is 0 Å². The molecule has 0 bridgehead atoms. The Kier molecular flexibility index (Phi) is 4.27. The summed E-state index contributed by atoms with van der Waals surface area (Å²) in [6.45, 7) is 1.86. The molecular formula is C15H14FN3O2. The minimum Gasteiger partial charge on any atom is -0.355 e. The van der Waals surface area contributed by atoms with E-state index < -0.39 is 11.5 Å². The summed E-state index contributed by atoms with van der Waals surface area (Å²) in [7, 11) is 1.43. The number of nitrogens with one attached hydrogen (secondary N) is 2. The Morgan fingerprint density at radius 1 is 1.38 bits per heavy atom. The van der Waals surface area contributed by atoms with Crippen LogP contribution in [0.1, 0.15) is 27.3 Å². The first kappa shape index (κ1) is 14.6. The van der Waals surface area contributed by atoms with E-state index in [-0.39, 0.29) is 17.2 Å². The molecule has 1 heterocycles. The highest BCUT2D eigenvalue weighted by Crippen LogP contribution is 2.12. The lowest BCUT2D eigenvalue weighted by Crippen LogP contribution is -2.27. The van der Waals surface area contributed by atoms with Crippen molar-refractivity contribution in [3.63, 3.8) is 0 Å². The number of nitrogens with zero attached hydrogens (tertiary/aromatic N) is 1. The van der Waals surface area contributed by atoms with Crippen LogP contribution in [0.15, 0.2) is 29.2 Å². The van der Waals surface area contributed by atoms with Crippen LogP contribution in [0.2, 0.25) is 0 Å². The maximum Gasteiger partial charge on any atom is 0.263 e. The summed E-state index contributed by atoms with van der Waals surface area (Å²) in [5.74, 6) is -0.626.